The van der Waals surface area contributed by atoms with E-state index in [1.54, 1.807) is 12.4 Å². The normalized spacial score (nSPS) is 14.0. The Balaban J connectivity index is 1.64. The van der Waals surface area contributed by atoms with Crippen molar-refractivity contribution in [1.29, 1.82) is 0 Å². The lowest BCUT2D eigenvalue weighted by Crippen LogP contribution is -2.58. The molecule has 0 spiro atoms. The summed E-state index contributed by atoms with van der Waals surface area (Å²) in [4.78, 5) is 70.1. The molecule has 13 nitrogen and oxygen atoms in total. The predicted octanol–water partition coefficient (Wildman–Crippen LogP) is 1.22. The van der Waals surface area contributed by atoms with Crippen molar-refractivity contribution in [3.8, 4) is 0 Å². The van der Waals surface area contributed by atoms with Gasteiger partial charge in [0.05, 0.1) is 12.5 Å². The summed E-state index contributed by atoms with van der Waals surface area (Å²) in [5.41, 5.74) is 14.2. The zero-order chi connectivity index (χ0) is 32.7. The number of aromatic amines is 2. The van der Waals surface area contributed by atoms with E-state index in [-0.39, 0.29) is 25.2 Å². The molecular formula is C32H39N7O6. The SMILES string of the molecule is CC(C)CC(NC(=O)C(Cc1c[nH]c2ccccc12)NC(=O)C(Cc1c[nH]c2ccccc12)NC(=O)C(N)CC(N)=O)C(=O)O. The lowest BCUT2D eigenvalue weighted by Gasteiger charge is -2.25. The number of rotatable bonds is 15. The number of aromatic nitrogens is 2. The zero-order valence-electron chi connectivity index (χ0n) is 25.1. The van der Waals surface area contributed by atoms with Gasteiger partial charge in [0, 0.05) is 47.0 Å². The summed E-state index contributed by atoms with van der Waals surface area (Å²) in [5, 5.41) is 19.4. The molecule has 2 aromatic heterocycles. The molecule has 0 radical (unpaired) electrons. The number of amides is 4. The van der Waals surface area contributed by atoms with Gasteiger partial charge in [-0.3, -0.25) is 19.2 Å². The number of H-pyrrole nitrogens is 2. The third-order valence-corrected chi connectivity index (χ3v) is 7.54. The van der Waals surface area contributed by atoms with Gasteiger partial charge in [0.15, 0.2) is 0 Å². The van der Waals surface area contributed by atoms with Crippen molar-refractivity contribution >= 4 is 51.4 Å². The van der Waals surface area contributed by atoms with Crippen LogP contribution in [0.5, 0.6) is 0 Å². The lowest BCUT2D eigenvalue weighted by molar-refractivity contribution is -0.142. The molecule has 0 aliphatic carbocycles. The van der Waals surface area contributed by atoms with Gasteiger partial charge < -0.3 is 42.5 Å². The van der Waals surface area contributed by atoms with E-state index >= 15 is 0 Å². The topological polar surface area (TPSA) is 225 Å². The van der Waals surface area contributed by atoms with Crippen molar-refractivity contribution in [3.63, 3.8) is 0 Å². The summed E-state index contributed by atoms with van der Waals surface area (Å²) in [5.74, 6) is -4.15. The Hall–Kier alpha value is -5.17. The van der Waals surface area contributed by atoms with Crippen molar-refractivity contribution < 1.29 is 29.1 Å². The van der Waals surface area contributed by atoms with Crippen LogP contribution in [0.3, 0.4) is 0 Å². The van der Waals surface area contributed by atoms with E-state index in [2.05, 4.69) is 25.9 Å². The lowest BCUT2D eigenvalue weighted by atomic mass is 10.00. The fourth-order valence-corrected chi connectivity index (χ4v) is 5.29. The number of fused-ring (bicyclic) bond motifs is 2. The molecule has 4 unspecified atom stereocenters. The molecule has 2 heterocycles. The highest BCUT2D eigenvalue weighted by Crippen LogP contribution is 2.21. The van der Waals surface area contributed by atoms with E-state index in [0.717, 1.165) is 32.9 Å². The van der Waals surface area contributed by atoms with Gasteiger partial charge in [-0.15, -0.1) is 0 Å². The van der Waals surface area contributed by atoms with E-state index in [9.17, 15) is 29.1 Å². The van der Waals surface area contributed by atoms with Gasteiger partial charge in [-0.25, -0.2) is 4.79 Å². The first-order valence-corrected chi connectivity index (χ1v) is 14.7. The number of hydrogen-bond donors (Lipinski definition) is 8. The first-order chi connectivity index (χ1) is 21.4. The van der Waals surface area contributed by atoms with Gasteiger partial charge in [-0.2, -0.15) is 0 Å². The Labute approximate surface area is 259 Å². The molecule has 13 heteroatoms. The molecule has 4 rings (SSSR count). The average Bonchev–Trinajstić information content (AvgIpc) is 3.59. The van der Waals surface area contributed by atoms with Crippen LogP contribution in [0, 0.1) is 5.92 Å². The number of nitrogens with one attached hydrogen (secondary N) is 5. The smallest absolute Gasteiger partial charge is 0.326 e. The summed E-state index contributed by atoms with van der Waals surface area (Å²) in [6.07, 6.45) is 3.27. The third-order valence-electron chi connectivity index (χ3n) is 7.54. The molecule has 0 saturated heterocycles. The molecular weight excluding hydrogens is 578 g/mol. The van der Waals surface area contributed by atoms with Crippen LogP contribution in [0.2, 0.25) is 0 Å². The van der Waals surface area contributed by atoms with E-state index < -0.39 is 60.2 Å². The number of para-hydroxylation sites is 2. The number of hydrogen-bond acceptors (Lipinski definition) is 6. The second-order valence-electron chi connectivity index (χ2n) is 11.6. The number of carbonyl (C=O) groups excluding carboxylic acids is 4. The van der Waals surface area contributed by atoms with Crippen LogP contribution in [0.25, 0.3) is 21.8 Å². The number of carboxylic acids is 1. The summed E-state index contributed by atoms with van der Waals surface area (Å²) >= 11 is 0. The highest BCUT2D eigenvalue weighted by Gasteiger charge is 2.32. The van der Waals surface area contributed by atoms with Gasteiger partial charge >= 0.3 is 5.97 Å². The Kier molecular flexibility index (Phi) is 10.6. The molecule has 0 saturated carbocycles. The van der Waals surface area contributed by atoms with Crippen molar-refractivity contribution in [2.24, 2.45) is 17.4 Å². The molecule has 238 valence electrons. The molecule has 0 fully saturated rings. The quantitative estimate of drug-likeness (QED) is 0.0972. The molecule has 10 N–H and O–H groups in total. The summed E-state index contributed by atoms with van der Waals surface area (Å²) in [7, 11) is 0. The number of aliphatic carboxylic acids is 1. The van der Waals surface area contributed by atoms with Crippen LogP contribution < -0.4 is 27.4 Å². The Bertz CT molecular complexity index is 1690. The number of carbonyl (C=O) groups is 5. The first kappa shape index (κ1) is 32.7. The van der Waals surface area contributed by atoms with Crippen LogP contribution in [-0.4, -0.2) is 68.8 Å². The summed E-state index contributed by atoms with van der Waals surface area (Å²) < 4.78 is 0. The molecule has 45 heavy (non-hydrogen) atoms. The van der Waals surface area contributed by atoms with Gasteiger partial charge in [0.25, 0.3) is 0 Å². The zero-order valence-corrected chi connectivity index (χ0v) is 25.1. The highest BCUT2D eigenvalue weighted by molar-refractivity contribution is 5.96. The molecule has 4 amide bonds. The molecule has 0 aliphatic rings. The van der Waals surface area contributed by atoms with E-state index in [0.29, 0.717) is 0 Å². The van der Waals surface area contributed by atoms with Crippen LogP contribution in [0.15, 0.2) is 60.9 Å². The van der Waals surface area contributed by atoms with Crippen LogP contribution in [0.4, 0.5) is 0 Å². The van der Waals surface area contributed by atoms with Crippen LogP contribution in [-0.2, 0) is 36.8 Å². The monoisotopic (exact) mass is 617 g/mol. The molecule has 0 bridgehead atoms. The number of carboxylic acid groups (broad SMARTS) is 1. The predicted molar refractivity (Wildman–Crippen MR) is 169 cm³/mol. The second-order valence-corrected chi connectivity index (χ2v) is 11.6. The largest absolute Gasteiger partial charge is 0.480 e. The van der Waals surface area contributed by atoms with Crippen LogP contribution >= 0.6 is 0 Å². The van der Waals surface area contributed by atoms with Crippen molar-refractivity contribution in [3.05, 3.63) is 72.1 Å². The minimum atomic E-state index is -1.29. The Morgan fingerprint density at radius 3 is 1.62 bits per heavy atom. The summed E-state index contributed by atoms with van der Waals surface area (Å²) in [6.45, 7) is 3.68. The first-order valence-electron chi connectivity index (χ1n) is 14.7. The number of benzene rings is 2. The highest BCUT2D eigenvalue weighted by atomic mass is 16.4. The maximum Gasteiger partial charge on any atom is 0.326 e. The fraction of sp³-hybridized carbons (Fsp3) is 0.344. The fourth-order valence-electron chi connectivity index (χ4n) is 5.29. The van der Waals surface area contributed by atoms with Gasteiger partial charge in [-0.05, 0) is 35.6 Å². The average molecular weight is 618 g/mol. The standard InChI is InChI=1S/C32H39N7O6/c1-17(2)11-27(32(44)45)39-31(43)26(13-19-16-36-24-10-6-4-8-21(19)24)38-30(42)25(37-29(41)22(33)14-28(34)40)12-18-15-35-23-9-5-3-7-20(18)23/h3-10,15-17,22,25-27,35-36H,11-14,33H2,1-2H3,(H2,34,40)(H,37,41)(H,38,42)(H,39,43)(H,44,45). The second kappa shape index (κ2) is 14.5. The van der Waals surface area contributed by atoms with E-state index in [1.165, 1.54) is 0 Å². The minimum absolute atomic E-state index is 0.0200. The number of primary amides is 1. The van der Waals surface area contributed by atoms with Gasteiger partial charge in [0.1, 0.15) is 18.1 Å². The molecule has 4 atom stereocenters. The third kappa shape index (κ3) is 8.48. The van der Waals surface area contributed by atoms with E-state index in [4.69, 9.17) is 11.5 Å². The Morgan fingerprint density at radius 1 is 0.733 bits per heavy atom. The van der Waals surface area contributed by atoms with Crippen molar-refractivity contribution in [2.45, 2.75) is 63.7 Å². The van der Waals surface area contributed by atoms with Crippen LogP contribution in [0.1, 0.15) is 37.8 Å². The maximum absolute atomic E-state index is 13.9. The molecule has 0 aliphatic heterocycles. The van der Waals surface area contributed by atoms with E-state index in [1.807, 2.05) is 62.4 Å². The molecule has 4 aromatic rings. The molecule has 2 aromatic carbocycles. The summed E-state index contributed by atoms with van der Waals surface area (Å²) in [6, 6.07) is 10.0. The van der Waals surface area contributed by atoms with Gasteiger partial charge in [0.2, 0.25) is 23.6 Å². The van der Waals surface area contributed by atoms with Crippen molar-refractivity contribution in [2.75, 3.05) is 0 Å². The Morgan fingerprint density at radius 2 is 1.18 bits per heavy atom. The van der Waals surface area contributed by atoms with Crippen molar-refractivity contribution in [1.82, 2.24) is 25.9 Å². The van der Waals surface area contributed by atoms with Gasteiger partial charge in [-0.1, -0.05) is 50.2 Å². The minimum Gasteiger partial charge on any atom is -0.480 e. The maximum atomic E-state index is 13.9. The number of nitrogens with two attached hydrogens (primary N) is 2.